The maximum atomic E-state index is 10.8. The number of anilines is 1. The van der Waals surface area contributed by atoms with Crippen molar-refractivity contribution in [3.05, 3.63) is 26.3 Å². The van der Waals surface area contributed by atoms with Gasteiger partial charge < -0.3 is 10.0 Å². The molecular formula is C11H14BrN3O4. The fourth-order valence-corrected chi connectivity index (χ4v) is 2.19. The first-order chi connectivity index (χ1) is 8.75. The van der Waals surface area contributed by atoms with Gasteiger partial charge in [0.15, 0.2) is 0 Å². The van der Waals surface area contributed by atoms with Crippen LogP contribution >= 0.6 is 15.9 Å². The average molecular weight is 332 g/mol. The van der Waals surface area contributed by atoms with Gasteiger partial charge in [-0.25, -0.2) is 4.98 Å². The number of pyridine rings is 1. The molecule has 1 N–H and O–H groups in total. The highest BCUT2D eigenvalue weighted by Crippen LogP contribution is 2.32. The molecule has 104 valence electrons. The first-order valence-electron chi connectivity index (χ1n) is 5.49. The monoisotopic (exact) mass is 331 g/mol. The van der Waals surface area contributed by atoms with Gasteiger partial charge in [-0.15, -0.1) is 0 Å². The molecule has 0 aliphatic carbocycles. The lowest BCUT2D eigenvalue weighted by molar-refractivity contribution is -0.385. The number of halogens is 1. The lowest BCUT2D eigenvalue weighted by Gasteiger charge is -2.22. The van der Waals surface area contributed by atoms with Crippen molar-refractivity contribution in [1.82, 2.24) is 4.98 Å². The van der Waals surface area contributed by atoms with E-state index in [4.69, 9.17) is 5.11 Å². The molecule has 1 heterocycles. The Labute approximate surface area is 118 Å². The van der Waals surface area contributed by atoms with Gasteiger partial charge in [-0.3, -0.25) is 14.9 Å². The molecular weight excluding hydrogens is 318 g/mol. The fourth-order valence-electron chi connectivity index (χ4n) is 1.58. The SMILES string of the molecule is Cc1c([N+](=O)[O-])cnc(N(C)CC(C)C(=O)O)c1Br. The first-order valence-corrected chi connectivity index (χ1v) is 6.28. The Bertz CT molecular complexity index is 521. The maximum Gasteiger partial charge on any atom is 0.308 e. The van der Waals surface area contributed by atoms with E-state index < -0.39 is 16.8 Å². The second kappa shape index (κ2) is 5.96. The highest BCUT2D eigenvalue weighted by molar-refractivity contribution is 9.10. The Morgan fingerprint density at radius 1 is 1.68 bits per heavy atom. The number of nitro groups is 1. The first kappa shape index (κ1) is 15.4. The Morgan fingerprint density at radius 3 is 2.74 bits per heavy atom. The third-order valence-electron chi connectivity index (χ3n) is 2.75. The summed E-state index contributed by atoms with van der Waals surface area (Å²) in [7, 11) is 1.69. The van der Waals surface area contributed by atoms with Gasteiger partial charge in [-0.05, 0) is 22.9 Å². The summed E-state index contributed by atoms with van der Waals surface area (Å²) in [4.78, 5) is 26.8. The summed E-state index contributed by atoms with van der Waals surface area (Å²) in [5, 5.41) is 19.6. The van der Waals surface area contributed by atoms with Crippen molar-refractivity contribution >= 4 is 33.4 Å². The number of aliphatic carboxylic acids is 1. The zero-order valence-electron chi connectivity index (χ0n) is 10.8. The minimum absolute atomic E-state index is 0.0738. The molecule has 0 bridgehead atoms. The second-order valence-electron chi connectivity index (χ2n) is 4.28. The van der Waals surface area contributed by atoms with Crippen molar-refractivity contribution < 1.29 is 14.8 Å². The van der Waals surface area contributed by atoms with E-state index >= 15 is 0 Å². The molecule has 0 saturated heterocycles. The molecule has 0 aliphatic heterocycles. The highest BCUT2D eigenvalue weighted by Gasteiger charge is 2.21. The van der Waals surface area contributed by atoms with Gasteiger partial charge in [0.25, 0.3) is 5.69 Å². The van der Waals surface area contributed by atoms with E-state index in [2.05, 4.69) is 20.9 Å². The molecule has 0 aromatic carbocycles. The highest BCUT2D eigenvalue weighted by atomic mass is 79.9. The summed E-state index contributed by atoms with van der Waals surface area (Å²) in [6.07, 6.45) is 1.18. The van der Waals surface area contributed by atoms with E-state index in [1.54, 1.807) is 25.8 Å². The van der Waals surface area contributed by atoms with Crippen LogP contribution in [0.15, 0.2) is 10.7 Å². The van der Waals surface area contributed by atoms with Gasteiger partial charge in [-0.2, -0.15) is 0 Å². The van der Waals surface area contributed by atoms with Gasteiger partial charge in [0.1, 0.15) is 12.0 Å². The second-order valence-corrected chi connectivity index (χ2v) is 5.08. The van der Waals surface area contributed by atoms with Crippen molar-refractivity contribution in [1.29, 1.82) is 0 Å². The number of rotatable bonds is 5. The third-order valence-corrected chi connectivity index (χ3v) is 3.70. The minimum Gasteiger partial charge on any atom is -0.481 e. The van der Waals surface area contributed by atoms with Gasteiger partial charge in [-0.1, -0.05) is 6.92 Å². The molecule has 1 unspecified atom stereocenters. The van der Waals surface area contributed by atoms with Gasteiger partial charge >= 0.3 is 5.97 Å². The average Bonchev–Trinajstić information content (AvgIpc) is 2.31. The summed E-state index contributed by atoms with van der Waals surface area (Å²) in [6.45, 7) is 3.46. The quantitative estimate of drug-likeness (QED) is 0.656. The molecule has 1 aromatic rings. The predicted molar refractivity (Wildman–Crippen MR) is 73.4 cm³/mol. The molecule has 0 aliphatic rings. The number of carbonyl (C=O) groups is 1. The largest absolute Gasteiger partial charge is 0.481 e. The van der Waals surface area contributed by atoms with Crippen LogP contribution < -0.4 is 4.90 Å². The van der Waals surface area contributed by atoms with E-state index in [1.165, 1.54) is 6.20 Å². The van der Waals surface area contributed by atoms with Crippen LogP contribution in [0, 0.1) is 23.0 Å². The lowest BCUT2D eigenvalue weighted by atomic mass is 10.1. The van der Waals surface area contributed by atoms with Crippen LogP contribution in [0.1, 0.15) is 12.5 Å². The topological polar surface area (TPSA) is 96.6 Å². The summed E-state index contributed by atoms with van der Waals surface area (Å²) in [5.74, 6) is -0.980. The maximum absolute atomic E-state index is 10.8. The van der Waals surface area contributed by atoms with Gasteiger partial charge in [0.05, 0.1) is 15.3 Å². The summed E-state index contributed by atoms with van der Waals surface area (Å²) in [5.41, 5.74) is 0.389. The molecule has 0 fully saturated rings. The Hall–Kier alpha value is -1.70. The number of nitrogens with zero attached hydrogens (tertiary/aromatic N) is 3. The Balaban J connectivity index is 3.05. The number of carboxylic acid groups (broad SMARTS) is 1. The van der Waals surface area contributed by atoms with Crippen LogP contribution in [0.4, 0.5) is 11.5 Å². The van der Waals surface area contributed by atoms with Crippen molar-refractivity contribution in [2.75, 3.05) is 18.5 Å². The van der Waals surface area contributed by atoms with Gasteiger partial charge in [0, 0.05) is 19.2 Å². The van der Waals surface area contributed by atoms with Crippen molar-refractivity contribution in [3.63, 3.8) is 0 Å². The number of carboxylic acids is 1. The predicted octanol–water partition coefficient (Wildman–Crippen LogP) is 2.22. The van der Waals surface area contributed by atoms with Gasteiger partial charge in [0.2, 0.25) is 0 Å². The molecule has 0 spiro atoms. The summed E-state index contributed by atoms with van der Waals surface area (Å²) in [6, 6.07) is 0. The zero-order valence-corrected chi connectivity index (χ0v) is 12.3. The van der Waals surface area contributed by atoms with E-state index in [0.29, 0.717) is 15.9 Å². The van der Waals surface area contributed by atoms with Crippen LogP contribution in [0.25, 0.3) is 0 Å². The molecule has 0 radical (unpaired) electrons. The molecule has 1 atom stereocenters. The molecule has 0 amide bonds. The zero-order chi connectivity index (χ0) is 14.7. The van der Waals surface area contributed by atoms with Crippen LogP contribution in [-0.4, -0.2) is 34.6 Å². The molecule has 19 heavy (non-hydrogen) atoms. The smallest absolute Gasteiger partial charge is 0.308 e. The lowest BCUT2D eigenvalue weighted by Crippen LogP contribution is -2.29. The molecule has 1 rings (SSSR count). The van der Waals surface area contributed by atoms with E-state index in [9.17, 15) is 14.9 Å². The minimum atomic E-state index is -0.901. The van der Waals surface area contributed by atoms with Crippen LogP contribution in [0.5, 0.6) is 0 Å². The molecule has 7 nitrogen and oxygen atoms in total. The Kier molecular flexibility index (Phi) is 4.82. The van der Waals surface area contributed by atoms with Crippen LogP contribution in [0.3, 0.4) is 0 Å². The molecule has 1 aromatic heterocycles. The number of hydrogen-bond donors (Lipinski definition) is 1. The van der Waals surface area contributed by atoms with Crippen molar-refractivity contribution in [2.24, 2.45) is 5.92 Å². The summed E-state index contributed by atoms with van der Waals surface area (Å²) < 4.78 is 0.502. The summed E-state index contributed by atoms with van der Waals surface area (Å²) >= 11 is 3.27. The normalized spacial score (nSPS) is 12.0. The Morgan fingerprint density at radius 2 is 2.26 bits per heavy atom. The van der Waals surface area contributed by atoms with E-state index in [0.717, 1.165) is 0 Å². The number of aromatic nitrogens is 1. The third kappa shape index (κ3) is 3.40. The van der Waals surface area contributed by atoms with Crippen LogP contribution in [0.2, 0.25) is 0 Å². The number of hydrogen-bond acceptors (Lipinski definition) is 5. The standard InChI is InChI=1S/C11H14BrN3O4/c1-6(11(16)17)5-14(3)10-9(12)7(2)8(4-13-10)15(18)19/h4,6H,5H2,1-3H3,(H,16,17). The molecule has 0 saturated carbocycles. The fraction of sp³-hybridized carbons (Fsp3) is 0.455. The van der Waals surface area contributed by atoms with E-state index in [-0.39, 0.29) is 12.2 Å². The van der Waals surface area contributed by atoms with Crippen LogP contribution in [-0.2, 0) is 4.79 Å². The molecule has 8 heteroatoms. The van der Waals surface area contributed by atoms with E-state index in [1.807, 2.05) is 0 Å². The van der Waals surface area contributed by atoms with Crippen molar-refractivity contribution in [3.8, 4) is 0 Å². The van der Waals surface area contributed by atoms with Crippen molar-refractivity contribution in [2.45, 2.75) is 13.8 Å².